The van der Waals surface area contributed by atoms with E-state index in [9.17, 15) is 9.59 Å². The third-order valence-electron chi connectivity index (χ3n) is 1.35. The van der Waals surface area contributed by atoms with E-state index in [0.29, 0.717) is 0 Å². The molecule has 1 aromatic heterocycles. The van der Waals surface area contributed by atoms with Crippen LogP contribution in [0.15, 0.2) is 11.0 Å². The van der Waals surface area contributed by atoms with Crippen molar-refractivity contribution in [3.05, 3.63) is 22.2 Å². The van der Waals surface area contributed by atoms with Crippen LogP contribution in [0.25, 0.3) is 0 Å². The number of nitrogen functional groups attached to an aromatic ring is 1. The molecule has 0 aliphatic rings. The molecule has 0 fully saturated rings. The lowest BCUT2D eigenvalue weighted by atomic mass is 10.3. The van der Waals surface area contributed by atoms with Crippen molar-refractivity contribution >= 4 is 11.8 Å². The fourth-order valence-corrected chi connectivity index (χ4v) is 0.722. The number of anilines is 1. The first-order valence-electron chi connectivity index (χ1n) is 3.09. The highest BCUT2D eigenvalue weighted by atomic mass is 16.4. The number of carboxylic acid groups (broad SMARTS) is 1. The summed E-state index contributed by atoms with van der Waals surface area (Å²) >= 11 is 0. The normalized spacial score (nSPS) is 9.75. The van der Waals surface area contributed by atoms with Crippen molar-refractivity contribution in [1.82, 2.24) is 9.55 Å². The number of nitrogens with two attached hydrogens (primary N) is 1. The number of nitrogens with zero attached hydrogens (tertiary/aromatic N) is 2. The summed E-state index contributed by atoms with van der Waals surface area (Å²) in [6.07, 6.45) is 1.13. The summed E-state index contributed by atoms with van der Waals surface area (Å²) in [5.74, 6) is -1.46. The van der Waals surface area contributed by atoms with Crippen LogP contribution in [0.4, 0.5) is 5.82 Å². The molecule has 6 nitrogen and oxygen atoms in total. The van der Waals surface area contributed by atoms with E-state index in [1.54, 1.807) is 0 Å². The Balaban J connectivity index is 3.43. The molecule has 6 heteroatoms. The van der Waals surface area contributed by atoms with E-state index in [0.717, 1.165) is 10.8 Å². The van der Waals surface area contributed by atoms with Crippen molar-refractivity contribution in [2.75, 3.05) is 5.73 Å². The van der Waals surface area contributed by atoms with E-state index in [4.69, 9.17) is 10.8 Å². The van der Waals surface area contributed by atoms with Gasteiger partial charge in [-0.05, 0) is 0 Å². The lowest BCUT2D eigenvalue weighted by molar-refractivity contribution is 0.0696. The largest absolute Gasteiger partial charge is 0.478 e. The number of carbonyl (C=O) groups is 1. The summed E-state index contributed by atoms with van der Waals surface area (Å²) in [6.45, 7) is 0. The Morgan fingerprint density at radius 3 is 2.83 bits per heavy atom. The molecular formula is C6H7N3O3. The SMILES string of the molecule is Cn1cc(C(=O)O)c(N)nc1=O. The first kappa shape index (κ1) is 8.25. The van der Waals surface area contributed by atoms with Gasteiger partial charge in [0.15, 0.2) is 0 Å². The monoisotopic (exact) mass is 169 g/mol. The number of aryl methyl sites for hydroxylation is 1. The van der Waals surface area contributed by atoms with Crippen molar-refractivity contribution in [2.24, 2.45) is 7.05 Å². The molecule has 0 radical (unpaired) electrons. The third-order valence-corrected chi connectivity index (χ3v) is 1.35. The number of carboxylic acids is 1. The minimum absolute atomic E-state index is 0.169. The van der Waals surface area contributed by atoms with Crippen LogP contribution in [0.2, 0.25) is 0 Å². The van der Waals surface area contributed by atoms with E-state index in [-0.39, 0.29) is 11.4 Å². The number of hydrogen-bond donors (Lipinski definition) is 2. The Morgan fingerprint density at radius 1 is 1.75 bits per heavy atom. The zero-order valence-corrected chi connectivity index (χ0v) is 6.31. The van der Waals surface area contributed by atoms with Crippen molar-refractivity contribution < 1.29 is 9.90 Å². The van der Waals surface area contributed by atoms with Gasteiger partial charge in [-0.15, -0.1) is 0 Å². The van der Waals surface area contributed by atoms with Gasteiger partial charge < -0.3 is 15.4 Å². The highest BCUT2D eigenvalue weighted by Crippen LogP contribution is 2.02. The number of aromatic nitrogens is 2. The van der Waals surface area contributed by atoms with Crippen molar-refractivity contribution in [1.29, 1.82) is 0 Å². The Hall–Kier alpha value is -1.85. The van der Waals surface area contributed by atoms with Crippen LogP contribution in [-0.2, 0) is 7.05 Å². The molecule has 1 rings (SSSR count). The van der Waals surface area contributed by atoms with Gasteiger partial charge >= 0.3 is 11.7 Å². The molecule has 3 N–H and O–H groups in total. The van der Waals surface area contributed by atoms with Crippen LogP contribution in [0.1, 0.15) is 10.4 Å². The molecule has 0 atom stereocenters. The molecule has 0 aliphatic carbocycles. The molecule has 0 bridgehead atoms. The summed E-state index contributed by atoms with van der Waals surface area (Å²) in [6, 6.07) is 0. The van der Waals surface area contributed by atoms with Gasteiger partial charge in [0.2, 0.25) is 0 Å². The van der Waals surface area contributed by atoms with Crippen molar-refractivity contribution in [3.63, 3.8) is 0 Å². The van der Waals surface area contributed by atoms with Crippen LogP contribution in [0.5, 0.6) is 0 Å². The lowest BCUT2D eigenvalue weighted by Crippen LogP contribution is -2.23. The number of aromatic carboxylic acids is 1. The molecule has 0 spiro atoms. The van der Waals surface area contributed by atoms with Gasteiger partial charge in [0.05, 0.1) is 0 Å². The van der Waals surface area contributed by atoms with E-state index in [2.05, 4.69) is 4.98 Å². The van der Waals surface area contributed by atoms with E-state index in [1.165, 1.54) is 7.05 Å². The summed E-state index contributed by atoms with van der Waals surface area (Å²) < 4.78 is 1.06. The molecule has 0 saturated carbocycles. The Kier molecular flexibility index (Phi) is 1.82. The maximum Gasteiger partial charge on any atom is 0.349 e. The average molecular weight is 169 g/mol. The Labute approximate surface area is 67.3 Å². The van der Waals surface area contributed by atoms with Crippen LogP contribution in [-0.4, -0.2) is 20.6 Å². The van der Waals surface area contributed by atoms with E-state index in [1.807, 2.05) is 0 Å². The maximum atomic E-state index is 10.8. The van der Waals surface area contributed by atoms with Gasteiger partial charge in [0.25, 0.3) is 0 Å². The fraction of sp³-hybridized carbons (Fsp3) is 0.167. The van der Waals surface area contributed by atoms with Crippen molar-refractivity contribution in [3.8, 4) is 0 Å². The molecule has 0 amide bonds. The molecule has 0 saturated heterocycles. The number of rotatable bonds is 1. The molecule has 0 unspecified atom stereocenters. The van der Waals surface area contributed by atoms with Crippen LogP contribution >= 0.6 is 0 Å². The maximum absolute atomic E-state index is 10.8. The Morgan fingerprint density at radius 2 is 2.33 bits per heavy atom. The lowest BCUT2D eigenvalue weighted by Gasteiger charge is -2.00. The first-order valence-corrected chi connectivity index (χ1v) is 3.09. The zero-order chi connectivity index (χ0) is 9.30. The van der Waals surface area contributed by atoms with Gasteiger partial charge in [-0.3, -0.25) is 0 Å². The molecule has 12 heavy (non-hydrogen) atoms. The van der Waals surface area contributed by atoms with Gasteiger partial charge in [-0.1, -0.05) is 0 Å². The van der Waals surface area contributed by atoms with E-state index < -0.39 is 11.7 Å². The molecular weight excluding hydrogens is 162 g/mol. The smallest absolute Gasteiger partial charge is 0.349 e. The quantitative estimate of drug-likeness (QED) is 0.565. The van der Waals surface area contributed by atoms with Gasteiger partial charge in [0.1, 0.15) is 11.4 Å². The third kappa shape index (κ3) is 1.26. The van der Waals surface area contributed by atoms with Gasteiger partial charge in [0, 0.05) is 13.2 Å². The van der Waals surface area contributed by atoms with E-state index >= 15 is 0 Å². The summed E-state index contributed by atoms with van der Waals surface area (Å²) in [5.41, 5.74) is 4.44. The fourth-order valence-electron chi connectivity index (χ4n) is 0.722. The van der Waals surface area contributed by atoms with Crippen LogP contribution in [0.3, 0.4) is 0 Å². The minimum atomic E-state index is -1.20. The molecule has 64 valence electrons. The minimum Gasteiger partial charge on any atom is -0.478 e. The zero-order valence-electron chi connectivity index (χ0n) is 6.31. The second-order valence-electron chi connectivity index (χ2n) is 2.24. The molecule has 1 aromatic rings. The molecule has 0 aromatic carbocycles. The second kappa shape index (κ2) is 2.65. The predicted octanol–water partition coefficient (Wildman–Crippen LogP) is -0.939. The van der Waals surface area contributed by atoms with Gasteiger partial charge in [-0.2, -0.15) is 4.98 Å². The standard InChI is InChI=1S/C6H7N3O3/c1-9-2-3(5(10)11)4(7)8-6(9)12/h2H,1H3,(H,10,11)(H2,7,8,12). The predicted molar refractivity (Wildman–Crippen MR) is 40.8 cm³/mol. The van der Waals surface area contributed by atoms with Gasteiger partial charge in [-0.25, -0.2) is 9.59 Å². The molecule has 1 heterocycles. The highest BCUT2D eigenvalue weighted by Gasteiger charge is 2.10. The highest BCUT2D eigenvalue weighted by molar-refractivity contribution is 5.91. The Bertz CT molecular complexity index is 382. The van der Waals surface area contributed by atoms with Crippen LogP contribution < -0.4 is 11.4 Å². The van der Waals surface area contributed by atoms with Crippen LogP contribution in [0, 0.1) is 0 Å². The average Bonchev–Trinajstić information content (AvgIpc) is 1.96. The topological polar surface area (TPSA) is 98.2 Å². The summed E-state index contributed by atoms with van der Waals surface area (Å²) in [4.78, 5) is 24.5. The number of hydrogen-bond acceptors (Lipinski definition) is 4. The first-order chi connectivity index (χ1) is 5.52. The second-order valence-corrected chi connectivity index (χ2v) is 2.24. The summed E-state index contributed by atoms with van der Waals surface area (Å²) in [7, 11) is 1.40. The molecule has 0 aliphatic heterocycles. The van der Waals surface area contributed by atoms with Crippen molar-refractivity contribution in [2.45, 2.75) is 0 Å². The summed E-state index contributed by atoms with van der Waals surface area (Å²) in [5, 5.41) is 8.55.